The van der Waals surface area contributed by atoms with E-state index in [2.05, 4.69) is 26.3 Å². The average Bonchev–Trinajstić information content (AvgIpc) is 2.65. The largest absolute Gasteiger partial charge is 0.318 e. The Labute approximate surface area is 125 Å². The summed E-state index contributed by atoms with van der Waals surface area (Å²) in [7, 11) is 1.74. The number of Topliss-reactive ketones (excluding diaryl/α,β-unsaturated/α-hetero) is 1. The van der Waals surface area contributed by atoms with Crippen LogP contribution < -0.4 is 5.32 Å². The van der Waals surface area contributed by atoms with E-state index in [4.69, 9.17) is 0 Å². The number of hydrogen-bond acceptors (Lipinski definition) is 3. The lowest BCUT2D eigenvalue weighted by Gasteiger charge is -2.06. The number of para-hydroxylation sites is 1. The van der Waals surface area contributed by atoms with Gasteiger partial charge in [-0.1, -0.05) is 12.1 Å². The van der Waals surface area contributed by atoms with Gasteiger partial charge in [0.15, 0.2) is 0 Å². The van der Waals surface area contributed by atoms with Crippen LogP contribution in [0.25, 0.3) is 0 Å². The summed E-state index contributed by atoms with van der Waals surface area (Å²) in [6, 6.07) is 7.13. The summed E-state index contributed by atoms with van der Waals surface area (Å²) in [5, 5.41) is 6.75. The molecule has 0 aliphatic heterocycles. The highest BCUT2D eigenvalue weighted by Crippen LogP contribution is 2.22. The Bertz CT molecular complexity index is 692. The molecule has 1 heterocycles. The summed E-state index contributed by atoms with van der Waals surface area (Å²) in [6.45, 7) is 3.48. The zero-order valence-electron chi connectivity index (χ0n) is 11.4. The first-order valence-corrected chi connectivity index (χ1v) is 6.81. The number of carbonyl (C=O) groups excluding carboxylic acids is 2. The van der Waals surface area contributed by atoms with Crippen molar-refractivity contribution in [2.45, 2.75) is 13.8 Å². The van der Waals surface area contributed by atoms with Gasteiger partial charge in [-0.2, -0.15) is 5.10 Å². The van der Waals surface area contributed by atoms with Crippen molar-refractivity contribution >= 4 is 33.3 Å². The first kappa shape index (κ1) is 14.5. The number of aromatic nitrogens is 2. The van der Waals surface area contributed by atoms with Crippen LogP contribution in [0.2, 0.25) is 0 Å². The van der Waals surface area contributed by atoms with E-state index < -0.39 is 11.7 Å². The molecular weight excluding hydrogens is 322 g/mol. The molecule has 0 aliphatic rings. The number of aryl methyl sites for hydroxylation is 2. The first-order chi connectivity index (χ1) is 9.41. The summed E-state index contributed by atoms with van der Waals surface area (Å²) in [5.41, 5.74) is 2.15. The van der Waals surface area contributed by atoms with E-state index in [-0.39, 0.29) is 0 Å². The Balaban J connectivity index is 2.26. The van der Waals surface area contributed by atoms with Gasteiger partial charge in [-0.3, -0.25) is 14.3 Å². The molecule has 5 nitrogen and oxygen atoms in total. The standard InChI is InChI=1S/C14H14BrN3O2/c1-8-12(9(2)18(3)17-8)13(19)14(20)16-11-7-5-4-6-10(11)15/h4-7H,1-3H3,(H,16,20). The van der Waals surface area contributed by atoms with Crippen molar-refractivity contribution < 1.29 is 9.59 Å². The molecule has 1 aromatic carbocycles. The molecule has 2 rings (SSSR count). The van der Waals surface area contributed by atoms with Gasteiger partial charge >= 0.3 is 0 Å². The zero-order valence-corrected chi connectivity index (χ0v) is 13.0. The van der Waals surface area contributed by atoms with Crippen LogP contribution in [0.15, 0.2) is 28.7 Å². The molecule has 20 heavy (non-hydrogen) atoms. The molecular formula is C14H14BrN3O2. The molecule has 0 fully saturated rings. The van der Waals surface area contributed by atoms with Crippen LogP contribution >= 0.6 is 15.9 Å². The van der Waals surface area contributed by atoms with Gasteiger partial charge in [0.25, 0.3) is 11.7 Å². The normalized spacial score (nSPS) is 10.4. The molecule has 0 atom stereocenters. The topological polar surface area (TPSA) is 64.0 Å². The minimum Gasteiger partial charge on any atom is -0.318 e. The fourth-order valence-corrected chi connectivity index (χ4v) is 2.34. The summed E-state index contributed by atoms with van der Waals surface area (Å²) < 4.78 is 2.31. The van der Waals surface area contributed by atoms with Gasteiger partial charge in [0.2, 0.25) is 0 Å². The molecule has 1 aromatic heterocycles. The van der Waals surface area contributed by atoms with E-state index in [0.29, 0.717) is 22.6 Å². The number of anilines is 1. The van der Waals surface area contributed by atoms with Crippen molar-refractivity contribution in [3.8, 4) is 0 Å². The molecule has 104 valence electrons. The van der Waals surface area contributed by atoms with E-state index in [0.717, 1.165) is 4.47 Å². The van der Waals surface area contributed by atoms with Crippen LogP contribution in [-0.2, 0) is 11.8 Å². The number of nitrogens with zero attached hydrogens (tertiary/aromatic N) is 2. The zero-order chi connectivity index (χ0) is 14.9. The Morgan fingerprint density at radius 1 is 1.25 bits per heavy atom. The van der Waals surface area contributed by atoms with Gasteiger partial charge in [-0.15, -0.1) is 0 Å². The maximum Gasteiger partial charge on any atom is 0.296 e. The summed E-state index contributed by atoms with van der Waals surface area (Å²) in [5.74, 6) is -1.25. The maximum atomic E-state index is 12.2. The van der Waals surface area contributed by atoms with Crippen molar-refractivity contribution in [1.29, 1.82) is 0 Å². The minimum atomic E-state index is -0.670. The van der Waals surface area contributed by atoms with Crippen LogP contribution in [0.1, 0.15) is 21.7 Å². The van der Waals surface area contributed by atoms with Crippen LogP contribution in [0.3, 0.4) is 0 Å². The SMILES string of the molecule is Cc1nn(C)c(C)c1C(=O)C(=O)Nc1ccccc1Br. The molecule has 1 amide bonds. The number of nitrogens with one attached hydrogen (secondary N) is 1. The fraction of sp³-hybridized carbons (Fsp3) is 0.214. The third-order valence-corrected chi connectivity index (χ3v) is 3.76. The third kappa shape index (κ3) is 2.65. The second kappa shape index (κ2) is 5.58. The summed E-state index contributed by atoms with van der Waals surface area (Å²) >= 11 is 3.32. The number of rotatable bonds is 3. The molecule has 0 bridgehead atoms. The Morgan fingerprint density at radius 2 is 1.90 bits per heavy atom. The predicted molar refractivity (Wildman–Crippen MR) is 79.8 cm³/mol. The number of benzene rings is 1. The Kier molecular flexibility index (Phi) is 4.04. The van der Waals surface area contributed by atoms with Crippen LogP contribution in [0.5, 0.6) is 0 Å². The molecule has 0 unspecified atom stereocenters. The highest BCUT2D eigenvalue weighted by molar-refractivity contribution is 9.10. The molecule has 0 aliphatic carbocycles. The van der Waals surface area contributed by atoms with Gasteiger partial charge in [0.05, 0.1) is 16.9 Å². The van der Waals surface area contributed by atoms with Crippen LogP contribution in [0.4, 0.5) is 5.69 Å². The highest BCUT2D eigenvalue weighted by Gasteiger charge is 2.24. The number of hydrogen-bond donors (Lipinski definition) is 1. The molecule has 0 radical (unpaired) electrons. The fourth-order valence-electron chi connectivity index (χ4n) is 1.96. The first-order valence-electron chi connectivity index (χ1n) is 6.02. The predicted octanol–water partition coefficient (Wildman–Crippen LogP) is 2.62. The van der Waals surface area contributed by atoms with E-state index in [9.17, 15) is 9.59 Å². The van der Waals surface area contributed by atoms with Gasteiger partial charge in [-0.25, -0.2) is 0 Å². The smallest absolute Gasteiger partial charge is 0.296 e. The lowest BCUT2D eigenvalue weighted by molar-refractivity contribution is -0.112. The second-order valence-corrected chi connectivity index (χ2v) is 5.29. The maximum absolute atomic E-state index is 12.2. The third-order valence-electron chi connectivity index (χ3n) is 3.06. The number of halogens is 1. The van der Waals surface area contributed by atoms with E-state index >= 15 is 0 Å². The summed E-state index contributed by atoms with van der Waals surface area (Å²) in [4.78, 5) is 24.3. The summed E-state index contributed by atoms with van der Waals surface area (Å²) in [6.07, 6.45) is 0. The van der Waals surface area contributed by atoms with E-state index in [1.807, 2.05) is 6.07 Å². The quantitative estimate of drug-likeness (QED) is 0.692. The highest BCUT2D eigenvalue weighted by atomic mass is 79.9. The lowest BCUT2D eigenvalue weighted by Crippen LogP contribution is -2.24. The van der Waals surface area contributed by atoms with Crippen LogP contribution in [-0.4, -0.2) is 21.5 Å². The average molecular weight is 336 g/mol. The van der Waals surface area contributed by atoms with Crippen molar-refractivity contribution in [3.05, 3.63) is 45.7 Å². The molecule has 1 N–H and O–H groups in total. The van der Waals surface area contributed by atoms with Crippen molar-refractivity contribution in [3.63, 3.8) is 0 Å². The van der Waals surface area contributed by atoms with Gasteiger partial charge < -0.3 is 5.32 Å². The van der Waals surface area contributed by atoms with Crippen LogP contribution in [0, 0.1) is 13.8 Å². The molecule has 0 spiro atoms. The molecule has 2 aromatic rings. The molecule has 0 saturated heterocycles. The number of ketones is 1. The second-order valence-electron chi connectivity index (χ2n) is 4.43. The van der Waals surface area contributed by atoms with E-state index in [1.165, 1.54) is 0 Å². The lowest BCUT2D eigenvalue weighted by atomic mass is 10.1. The van der Waals surface area contributed by atoms with Gasteiger partial charge in [0.1, 0.15) is 0 Å². The van der Waals surface area contributed by atoms with Crippen molar-refractivity contribution in [1.82, 2.24) is 9.78 Å². The Hall–Kier alpha value is -1.95. The number of carbonyl (C=O) groups is 2. The molecule has 6 heteroatoms. The monoisotopic (exact) mass is 335 g/mol. The number of amides is 1. The van der Waals surface area contributed by atoms with Crippen molar-refractivity contribution in [2.24, 2.45) is 7.05 Å². The minimum absolute atomic E-state index is 0.358. The Morgan fingerprint density at radius 3 is 2.45 bits per heavy atom. The van der Waals surface area contributed by atoms with Gasteiger partial charge in [-0.05, 0) is 41.9 Å². The van der Waals surface area contributed by atoms with Gasteiger partial charge in [0, 0.05) is 17.2 Å². The van der Waals surface area contributed by atoms with E-state index in [1.54, 1.807) is 43.8 Å². The molecule has 0 saturated carbocycles. The van der Waals surface area contributed by atoms with Crippen molar-refractivity contribution in [2.75, 3.05) is 5.32 Å².